The summed E-state index contributed by atoms with van der Waals surface area (Å²) < 4.78 is 0. The van der Waals surface area contributed by atoms with Gasteiger partial charge in [-0.25, -0.2) is 0 Å². The molecular weight excluding hydrogens is 100 g/mol. The minimum atomic E-state index is 0.910. The van der Waals surface area contributed by atoms with Crippen LogP contribution in [0.2, 0.25) is 0 Å². The number of likely N-dealkylation sites (N-methyl/N-ethyl adjacent to an activating group) is 1. The zero-order valence-electron chi connectivity index (χ0n) is 5.57. The predicted molar refractivity (Wildman–Crippen MR) is 36.5 cm³/mol. The van der Waals surface area contributed by atoms with E-state index in [-0.39, 0.29) is 0 Å². The van der Waals surface area contributed by atoms with Crippen molar-refractivity contribution in [3.05, 3.63) is 11.8 Å². The normalized spacial score (nSPS) is 12.0. The third-order valence-electron chi connectivity index (χ3n) is 0.938. The van der Waals surface area contributed by atoms with Gasteiger partial charge in [0.15, 0.2) is 0 Å². The molecule has 2 nitrogen and oxygen atoms in total. The van der Waals surface area contributed by atoms with Gasteiger partial charge in [0, 0.05) is 6.54 Å². The second kappa shape index (κ2) is 4.65. The Morgan fingerprint density at radius 2 is 2.38 bits per heavy atom. The zero-order chi connectivity index (χ0) is 6.41. The lowest BCUT2D eigenvalue weighted by Gasteiger charge is -1.97. The van der Waals surface area contributed by atoms with Gasteiger partial charge in [-0.2, -0.15) is 0 Å². The third-order valence-corrected chi connectivity index (χ3v) is 0.938. The smallest absolute Gasteiger partial charge is 0.0178 e. The minimum absolute atomic E-state index is 0.910. The van der Waals surface area contributed by atoms with E-state index in [0.717, 1.165) is 13.1 Å². The molecule has 0 amide bonds. The molecule has 0 rings (SSSR count). The quantitative estimate of drug-likeness (QED) is 0.559. The molecule has 0 fully saturated rings. The predicted octanol–water partition coefficient (Wildman–Crippen LogP) is 0.458. The molecule has 0 bridgehead atoms. The maximum Gasteiger partial charge on any atom is 0.0178 e. The van der Waals surface area contributed by atoms with Gasteiger partial charge in [0.05, 0.1) is 0 Å². The molecule has 0 aliphatic carbocycles. The molecule has 0 aliphatic rings. The Bertz CT molecular complexity index is 76.6. The Labute approximate surface area is 50.8 Å². The van der Waals surface area contributed by atoms with Crippen LogP contribution in [0.15, 0.2) is 11.8 Å². The Hall–Kier alpha value is -0.500. The maximum atomic E-state index is 5.21. The molecule has 48 valence electrons. The minimum Gasteiger partial charge on any atom is -0.405 e. The molecule has 0 atom stereocenters. The molecule has 0 spiro atoms. The van der Waals surface area contributed by atoms with E-state index < -0.39 is 0 Å². The first-order valence-electron chi connectivity index (χ1n) is 2.89. The van der Waals surface area contributed by atoms with Crippen LogP contribution >= 0.6 is 0 Å². The van der Waals surface area contributed by atoms with Crippen molar-refractivity contribution in [2.24, 2.45) is 5.73 Å². The first-order valence-corrected chi connectivity index (χ1v) is 2.89. The average Bonchev–Trinajstić information content (AvgIpc) is 1.83. The number of nitrogens with one attached hydrogen (secondary N) is 1. The lowest BCUT2D eigenvalue weighted by Crippen LogP contribution is -2.15. The van der Waals surface area contributed by atoms with Gasteiger partial charge in [0.2, 0.25) is 0 Å². The molecular formula is C6H14N2. The monoisotopic (exact) mass is 114 g/mol. The summed E-state index contributed by atoms with van der Waals surface area (Å²) in [5, 5.41) is 3.15. The van der Waals surface area contributed by atoms with E-state index in [2.05, 4.69) is 12.2 Å². The van der Waals surface area contributed by atoms with Gasteiger partial charge >= 0.3 is 0 Å². The number of hydrogen-bond donors (Lipinski definition) is 2. The van der Waals surface area contributed by atoms with Crippen molar-refractivity contribution < 1.29 is 0 Å². The summed E-state index contributed by atoms with van der Waals surface area (Å²) in [6.45, 7) is 5.99. The largest absolute Gasteiger partial charge is 0.405 e. The van der Waals surface area contributed by atoms with Crippen LogP contribution in [0.5, 0.6) is 0 Å². The topological polar surface area (TPSA) is 38.0 Å². The third kappa shape index (κ3) is 3.68. The van der Waals surface area contributed by atoms with Crippen molar-refractivity contribution in [3.8, 4) is 0 Å². The van der Waals surface area contributed by atoms with Crippen molar-refractivity contribution in [1.82, 2.24) is 5.32 Å². The standard InChI is InChI=1S/C6H14N2/c1-3-8-5-6(2)4-7/h4,8H,3,5,7H2,1-2H3/b6-4+. The van der Waals surface area contributed by atoms with E-state index in [1.165, 1.54) is 5.57 Å². The van der Waals surface area contributed by atoms with E-state index in [0.29, 0.717) is 0 Å². The molecule has 0 aromatic rings. The summed E-state index contributed by atoms with van der Waals surface area (Å²) in [4.78, 5) is 0. The van der Waals surface area contributed by atoms with Crippen LogP contribution in [0.3, 0.4) is 0 Å². The number of nitrogens with two attached hydrogens (primary N) is 1. The second-order valence-electron chi connectivity index (χ2n) is 1.79. The number of hydrogen-bond acceptors (Lipinski definition) is 2. The molecule has 0 unspecified atom stereocenters. The zero-order valence-corrected chi connectivity index (χ0v) is 5.57. The Morgan fingerprint density at radius 1 is 1.75 bits per heavy atom. The molecule has 2 heteroatoms. The molecule has 3 N–H and O–H groups in total. The SMILES string of the molecule is CCNC/C(C)=C/N. The van der Waals surface area contributed by atoms with E-state index in [1.54, 1.807) is 6.20 Å². The Balaban J connectivity index is 3.12. The highest BCUT2D eigenvalue weighted by Gasteiger charge is 1.82. The van der Waals surface area contributed by atoms with Crippen molar-refractivity contribution in [2.45, 2.75) is 13.8 Å². The van der Waals surface area contributed by atoms with Gasteiger partial charge in [-0.3, -0.25) is 0 Å². The summed E-state index contributed by atoms with van der Waals surface area (Å²) >= 11 is 0. The summed E-state index contributed by atoms with van der Waals surface area (Å²) in [6, 6.07) is 0. The van der Waals surface area contributed by atoms with Gasteiger partial charge in [0.1, 0.15) is 0 Å². The highest BCUT2D eigenvalue weighted by Crippen LogP contribution is 1.82. The van der Waals surface area contributed by atoms with Crippen LogP contribution in [0.25, 0.3) is 0 Å². The fourth-order valence-electron chi connectivity index (χ4n) is 0.381. The molecule has 0 aromatic carbocycles. The van der Waals surface area contributed by atoms with Gasteiger partial charge in [-0.05, 0) is 25.2 Å². The first kappa shape index (κ1) is 7.50. The maximum absolute atomic E-state index is 5.21. The highest BCUT2D eigenvalue weighted by molar-refractivity contribution is 4.96. The lowest BCUT2D eigenvalue weighted by molar-refractivity contribution is 0.774. The van der Waals surface area contributed by atoms with Crippen LogP contribution in [0, 0.1) is 0 Å². The lowest BCUT2D eigenvalue weighted by atomic mass is 10.3. The van der Waals surface area contributed by atoms with E-state index in [1.807, 2.05) is 6.92 Å². The Kier molecular flexibility index (Phi) is 4.36. The van der Waals surface area contributed by atoms with Crippen molar-refractivity contribution in [3.63, 3.8) is 0 Å². The first-order chi connectivity index (χ1) is 3.81. The van der Waals surface area contributed by atoms with Crippen LogP contribution < -0.4 is 11.1 Å². The van der Waals surface area contributed by atoms with Crippen molar-refractivity contribution >= 4 is 0 Å². The molecule has 0 aliphatic heterocycles. The van der Waals surface area contributed by atoms with Gasteiger partial charge in [0.25, 0.3) is 0 Å². The van der Waals surface area contributed by atoms with Gasteiger partial charge < -0.3 is 11.1 Å². The fourth-order valence-corrected chi connectivity index (χ4v) is 0.381. The molecule has 0 aromatic heterocycles. The Morgan fingerprint density at radius 3 is 2.75 bits per heavy atom. The van der Waals surface area contributed by atoms with E-state index >= 15 is 0 Å². The highest BCUT2D eigenvalue weighted by atomic mass is 14.8. The van der Waals surface area contributed by atoms with Gasteiger partial charge in [-0.15, -0.1) is 0 Å². The summed E-state index contributed by atoms with van der Waals surface area (Å²) in [7, 11) is 0. The molecule has 0 saturated carbocycles. The fraction of sp³-hybridized carbons (Fsp3) is 0.667. The summed E-state index contributed by atoms with van der Waals surface area (Å²) in [5.41, 5.74) is 6.40. The summed E-state index contributed by atoms with van der Waals surface area (Å²) in [6.07, 6.45) is 1.63. The molecule has 8 heavy (non-hydrogen) atoms. The number of rotatable bonds is 3. The van der Waals surface area contributed by atoms with Crippen LogP contribution in [0.4, 0.5) is 0 Å². The van der Waals surface area contributed by atoms with E-state index in [4.69, 9.17) is 5.73 Å². The average molecular weight is 114 g/mol. The second-order valence-corrected chi connectivity index (χ2v) is 1.79. The van der Waals surface area contributed by atoms with Crippen LogP contribution in [-0.2, 0) is 0 Å². The van der Waals surface area contributed by atoms with Crippen molar-refractivity contribution in [1.29, 1.82) is 0 Å². The molecule has 0 heterocycles. The summed E-state index contributed by atoms with van der Waals surface area (Å²) in [5.74, 6) is 0. The van der Waals surface area contributed by atoms with Crippen molar-refractivity contribution in [2.75, 3.05) is 13.1 Å². The van der Waals surface area contributed by atoms with Gasteiger partial charge in [-0.1, -0.05) is 6.92 Å². The molecule has 0 radical (unpaired) electrons. The van der Waals surface area contributed by atoms with Crippen LogP contribution in [0.1, 0.15) is 13.8 Å². The molecule has 0 saturated heterocycles. The van der Waals surface area contributed by atoms with Crippen LogP contribution in [-0.4, -0.2) is 13.1 Å². The van der Waals surface area contributed by atoms with E-state index in [9.17, 15) is 0 Å².